The largest absolute Gasteiger partial charge is 0.356 e. The van der Waals surface area contributed by atoms with Gasteiger partial charge in [-0.1, -0.05) is 19.1 Å². The maximum atomic E-state index is 12.9. The van der Waals surface area contributed by atoms with Gasteiger partial charge in [0, 0.05) is 39.1 Å². The Bertz CT molecular complexity index is 592. The van der Waals surface area contributed by atoms with Gasteiger partial charge in [-0.2, -0.15) is 5.10 Å². The Morgan fingerprint density at radius 1 is 1.30 bits per heavy atom. The summed E-state index contributed by atoms with van der Waals surface area (Å²) < 4.78 is 14.8. The highest BCUT2D eigenvalue weighted by molar-refractivity contribution is 5.79. The molecule has 6 heteroatoms. The molecular formula is C17H24FN5. The van der Waals surface area contributed by atoms with Crippen LogP contribution in [0.4, 0.5) is 4.39 Å². The number of nitrogens with one attached hydrogen (secondary N) is 2. The van der Waals surface area contributed by atoms with E-state index >= 15 is 0 Å². The number of aromatic nitrogens is 2. The van der Waals surface area contributed by atoms with Crippen molar-refractivity contribution in [3.63, 3.8) is 0 Å². The molecular weight excluding hydrogens is 293 g/mol. The molecule has 0 aliphatic heterocycles. The number of benzene rings is 1. The first-order valence-corrected chi connectivity index (χ1v) is 7.83. The second kappa shape index (κ2) is 8.92. The van der Waals surface area contributed by atoms with E-state index in [9.17, 15) is 4.39 Å². The van der Waals surface area contributed by atoms with E-state index in [4.69, 9.17) is 0 Å². The Hall–Kier alpha value is -2.37. The SMILES string of the molecule is CN=C(NCCc1ccc(F)cc1)NCC(C)Cn1cccn1. The van der Waals surface area contributed by atoms with Crippen LogP contribution in [0.3, 0.4) is 0 Å². The lowest BCUT2D eigenvalue weighted by Gasteiger charge is -2.16. The van der Waals surface area contributed by atoms with E-state index in [0.29, 0.717) is 5.92 Å². The van der Waals surface area contributed by atoms with Gasteiger partial charge in [0.25, 0.3) is 0 Å². The molecule has 0 amide bonds. The van der Waals surface area contributed by atoms with Crippen molar-refractivity contribution in [3.05, 3.63) is 54.1 Å². The zero-order valence-corrected chi connectivity index (χ0v) is 13.7. The van der Waals surface area contributed by atoms with Crippen LogP contribution in [0.1, 0.15) is 12.5 Å². The van der Waals surface area contributed by atoms with Gasteiger partial charge in [-0.25, -0.2) is 4.39 Å². The van der Waals surface area contributed by atoms with E-state index in [-0.39, 0.29) is 5.82 Å². The monoisotopic (exact) mass is 317 g/mol. The summed E-state index contributed by atoms with van der Waals surface area (Å²) in [6, 6.07) is 8.51. The van der Waals surface area contributed by atoms with Gasteiger partial charge in [0.1, 0.15) is 5.82 Å². The summed E-state index contributed by atoms with van der Waals surface area (Å²) >= 11 is 0. The standard InChI is InChI=1S/C17H24FN5/c1-14(13-23-11-3-9-22-23)12-21-17(19-2)20-10-8-15-4-6-16(18)7-5-15/h3-7,9,11,14H,8,10,12-13H2,1-2H3,(H2,19,20,21). The fraction of sp³-hybridized carbons (Fsp3) is 0.412. The minimum atomic E-state index is -0.203. The molecule has 0 radical (unpaired) electrons. The number of hydrogen-bond acceptors (Lipinski definition) is 2. The van der Waals surface area contributed by atoms with E-state index in [1.165, 1.54) is 12.1 Å². The number of guanidine groups is 1. The zero-order valence-electron chi connectivity index (χ0n) is 13.7. The highest BCUT2D eigenvalue weighted by atomic mass is 19.1. The van der Waals surface area contributed by atoms with Crippen LogP contribution in [0.5, 0.6) is 0 Å². The van der Waals surface area contributed by atoms with Crippen LogP contribution in [0.2, 0.25) is 0 Å². The molecule has 0 aliphatic carbocycles. The molecule has 0 aliphatic rings. The first-order chi connectivity index (χ1) is 11.2. The van der Waals surface area contributed by atoms with Gasteiger partial charge in [-0.15, -0.1) is 0 Å². The molecule has 1 atom stereocenters. The molecule has 1 aromatic carbocycles. The Kier molecular flexibility index (Phi) is 6.59. The molecule has 23 heavy (non-hydrogen) atoms. The third-order valence-corrected chi connectivity index (χ3v) is 3.52. The van der Waals surface area contributed by atoms with E-state index in [1.807, 2.05) is 16.9 Å². The minimum Gasteiger partial charge on any atom is -0.356 e. The molecule has 1 aromatic heterocycles. The second-order valence-corrected chi connectivity index (χ2v) is 5.59. The number of aliphatic imine (C=N–C) groups is 1. The van der Waals surface area contributed by atoms with Crippen LogP contribution in [-0.4, -0.2) is 35.9 Å². The lowest BCUT2D eigenvalue weighted by molar-refractivity contribution is 0.443. The van der Waals surface area contributed by atoms with Crippen molar-refractivity contribution in [3.8, 4) is 0 Å². The molecule has 2 rings (SSSR count). The smallest absolute Gasteiger partial charge is 0.190 e. The quantitative estimate of drug-likeness (QED) is 0.607. The fourth-order valence-electron chi connectivity index (χ4n) is 2.26. The first kappa shape index (κ1) is 17.0. The highest BCUT2D eigenvalue weighted by Gasteiger charge is 2.05. The Morgan fingerprint density at radius 2 is 2.09 bits per heavy atom. The molecule has 5 nitrogen and oxygen atoms in total. The van der Waals surface area contributed by atoms with Crippen LogP contribution in [-0.2, 0) is 13.0 Å². The summed E-state index contributed by atoms with van der Waals surface area (Å²) in [5.41, 5.74) is 1.10. The zero-order chi connectivity index (χ0) is 16.5. The van der Waals surface area contributed by atoms with E-state index in [1.54, 1.807) is 25.4 Å². The molecule has 0 fully saturated rings. The molecule has 1 heterocycles. The number of hydrogen-bond donors (Lipinski definition) is 2. The molecule has 0 spiro atoms. The van der Waals surface area contributed by atoms with Crippen LogP contribution < -0.4 is 10.6 Å². The molecule has 1 unspecified atom stereocenters. The van der Waals surface area contributed by atoms with Crippen LogP contribution in [0.25, 0.3) is 0 Å². The summed E-state index contributed by atoms with van der Waals surface area (Å²) in [7, 11) is 1.76. The number of rotatable bonds is 7. The van der Waals surface area contributed by atoms with Crippen molar-refractivity contribution >= 4 is 5.96 Å². The highest BCUT2D eigenvalue weighted by Crippen LogP contribution is 2.02. The molecule has 2 N–H and O–H groups in total. The minimum absolute atomic E-state index is 0.203. The lowest BCUT2D eigenvalue weighted by Crippen LogP contribution is -2.40. The Labute approximate surface area is 136 Å². The topological polar surface area (TPSA) is 54.2 Å². The third-order valence-electron chi connectivity index (χ3n) is 3.52. The third kappa shape index (κ3) is 6.10. The lowest BCUT2D eigenvalue weighted by atomic mass is 10.1. The van der Waals surface area contributed by atoms with E-state index in [0.717, 1.165) is 37.6 Å². The van der Waals surface area contributed by atoms with Crippen LogP contribution >= 0.6 is 0 Å². The van der Waals surface area contributed by atoms with Crippen molar-refractivity contribution in [2.75, 3.05) is 20.1 Å². The number of halogens is 1. The summed E-state index contributed by atoms with van der Waals surface area (Å²) in [6.45, 7) is 4.60. The van der Waals surface area contributed by atoms with Gasteiger partial charge in [0.05, 0.1) is 0 Å². The molecule has 0 bridgehead atoms. The average molecular weight is 317 g/mol. The van der Waals surface area contributed by atoms with Crippen LogP contribution in [0.15, 0.2) is 47.7 Å². The summed E-state index contributed by atoms with van der Waals surface area (Å²) in [5, 5.41) is 10.8. The molecule has 124 valence electrons. The van der Waals surface area contributed by atoms with Crippen molar-refractivity contribution in [2.45, 2.75) is 19.9 Å². The van der Waals surface area contributed by atoms with Gasteiger partial charge in [-0.3, -0.25) is 9.67 Å². The van der Waals surface area contributed by atoms with Crippen molar-refractivity contribution < 1.29 is 4.39 Å². The predicted octanol–water partition coefficient (Wildman–Crippen LogP) is 2.07. The normalized spacial score (nSPS) is 12.9. The number of nitrogens with zero attached hydrogens (tertiary/aromatic N) is 3. The maximum Gasteiger partial charge on any atom is 0.190 e. The maximum absolute atomic E-state index is 12.9. The van der Waals surface area contributed by atoms with Gasteiger partial charge >= 0.3 is 0 Å². The van der Waals surface area contributed by atoms with Crippen molar-refractivity contribution in [2.24, 2.45) is 10.9 Å². The summed E-state index contributed by atoms with van der Waals surface area (Å²) in [6.07, 6.45) is 4.58. The van der Waals surface area contributed by atoms with E-state index in [2.05, 4.69) is 27.6 Å². The first-order valence-electron chi connectivity index (χ1n) is 7.83. The second-order valence-electron chi connectivity index (χ2n) is 5.59. The van der Waals surface area contributed by atoms with Crippen molar-refractivity contribution in [1.82, 2.24) is 20.4 Å². The molecule has 0 saturated carbocycles. The Balaban J connectivity index is 1.67. The predicted molar refractivity (Wildman–Crippen MR) is 90.9 cm³/mol. The van der Waals surface area contributed by atoms with Crippen LogP contribution in [0, 0.1) is 11.7 Å². The van der Waals surface area contributed by atoms with Gasteiger partial charge in [0.2, 0.25) is 0 Å². The van der Waals surface area contributed by atoms with Gasteiger partial charge < -0.3 is 10.6 Å². The Morgan fingerprint density at radius 3 is 2.74 bits per heavy atom. The fourth-order valence-corrected chi connectivity index (χ4v) is 2.26. The van der Waals surface area contributed by atoms with Crippen molar-refractivity contribution in [1.29, 1.82) is 0 Å². The molecule has 2 aromatic rings. The van der Waals surface area contributed by atoms with Gasteiger partial charge in [-0.05, 0) is 36.1 Å². The van der Waals surface area contributed by atoms with Gasteiger partial charge in [0.15, 0.2) is 5.96 Å². The molecule has 0 saturated heterocycles. The van der Waals surface area contributed by atoms with E-state index < -0.39 is 0 Å². The summed E-state index contributed by atoms with van der Waals surface area (Å²) in [4.78, 5) is 4.21. The summed E-state index contributed by atoms with van der Waals surface area (Å²) in [5.74, 6) is 1.01. The average Bonchev–Trinajstić information content (AvgIpc) is 3.05.